The number of nitrogens with one attached hydrogen (secondary N) is 2. The number of anilines is 1. The van der Waals surface area contributed by atoms with Gasteiger partial charge in [0.05, 0.1) is 11.3 Å². The van der Waals surface area contributed by atoms with Gasteiger partial charge in [-0.3, -0.25) is 9.20 Å². The number of aliphatic imine (C=N–C) groups is 1. The SMILES string of the molecule is CN=C(NCCS(=O)Cc1ccccc1)NC1CCCN(c2ccccc2C#N)C1.I. The van der Waals surface area contributed by atoms with Crippen molar-refractivity contribution in [2.75, 3.05) is 37.3 Å². The number of nitriles is 1. The highest BCUT2D eigenvalue weighted by molar-refractivity contribution is 14.0. The van der Waals surface area contributed by atoms with E-state index in [4.69, 9.17) is 0 Å². The standard InChI is InChI=1S/C23H29N5OS.HI/c1-25-23(26-13-15-30(29)18-19-8-3-2-4-9-19)27-21-11-7-14-28(17-21)22-12-6-5-10-20(22)16-24;/h2-6,8-10,12,21H,7,11,13-15,17-18H2,1H3,(H2,25,26,27);1H. The molecule has 31 heavy (non-hydrogen) atoms. The summed E-state index contributed by atoms with van der Waals surface area (Å²) in [6, 6.07) is 20.2. The van der Waals surface area contributed by atoms with Crippen LogP contribution in [0.2, 0.25) is 0 Å². The van der Waals surface area contributed by atoms with Crippen LogP contribution < -0.4 is 15.5 Å². The van der Waals surface area contributed by atoms with Gasteiger partial charge in [0.2, 0.25) is 0 Å². The van der Waals surface area contributed by atoms with Crippen molar-refractivity contribution in [1.82, 2.24) is 10.6 Å². The van der Waals surface area contributed by atoms with E-state index in [-0.39, 0.29) is 30.0 Å². The third-order valence-electron chi connectivity index (χ3n) is 5.14. The van der Waals surface area contributed by atoms with Crippen molar-refractivity contribution in [1.29, 1.82) is 5.26 Å². The van der Waals surface area contributed by atoms with Crippen LogP contribution in [0.5, 0.6) is 0 Å². The molecule has 0 aliphatic carbocycles. The summed E-state index contributed by atoms with van der Waals surface area (Å²) < 4.78 is 12.3. The Morgan fingerprint density at radius 3 is 2.71 bits per heavy atom. The maximum Gasteiger partial charge on any atom is 0.191 e. The maximum absolute atomic E-state index is 12.3. The lowest BCUT2D eigenvalue weighted by Crippen LogP contribution is -2.51. The van der Waals surface area contributed by atoms with Gasteiger partial charge in [0.25, 0.3) is 0 Å². The van der Waals surface area contributed by atoms with E-state index in [1.807, 2.05) is 54.6 Å². The molecule has 0 bridgehead atoms. The molecule has 2 aromatic carbocycles. The predicted molar refractivity (Wildman–Crippen MR) is 139 cm³/mol. The van der Waals surface area contributed by atoms with Gasteiger partial charge in [0, 0.05) is 55.0 Å². The quantitative estimate of drug-likeness (QED) is 0.314. The summed E-state index contributed by atoms with van der Waals surface area (Å²) in [5.74, 6) is 1.87. The molecule has 3 rings (SSSR count). The number of para-hydroxylation sites is 1. The molecule has 0 aromatic heterocycles. The number of hydrogen-bond acceptors (Lipinski definition) is 4. The Balaban J connectivity index is 0.00000341. The number of piperidine rings is 1. The fourth-order valence-electron chi connectivity index (χ4n) is 3.66. The number of nitrogens with zero attached hydrogens (tertiary/aromatic N) is 3. The van der Waals surface area contributed by atoms with Crippen LogP contribution >= 0.6 is 24.0 Å². The molecule has 0 saturated carbocycles. The molecule has 0 amide bonds. The predicted octanol–water partition coefficient (Wildman–Crippen LogP) is 3.26. The summed E-state index contributed by atoms with van der Waals surface area (Å²) in [7, 11) is 0.837. The van der Waals surface area contributed by atoms with Gasteiger partial charge >= 0.3 is 0 Å². The molecule has 166 valence electrons. The van der Waals surface area contributed by atoms with E-state index in [1.54, 1.807) is 7.05 Å². The van der Waals surface area contributed by atoms with Crippen molar-refractivity contribution >= 4 is 46.4 Å². The van der Waals surface area contributed by atoms with E-state index < -0.39 is 10.8 Å². The average molecular weight is 551 g/mol. The van der Waals surface area contributed by atoms with Gasteiger partial charge in [-0.05, 0) is 30.5 Å². The smallest absolute Gasteiger partial charge is 0.191 e. The number of guanidine groups is 1. The molecule has 2 atom stereocenters. The van der Waals surface area contributed by atoms with Gasteiger partial charge in [-0.25, -0.2) is 0 Å². The normalized spacial score (nSPS) is 17.2. The Kier molecular flexibility index (Phi) is 10.8. The Labute approximate surface area is 204 Å². The van der Waals surface area contributed by atoms with Crippen molar-refractivity contribution < 1.29 is 4.21 Å². The fourth-order valence-corrected chi connectivity index (χ4v) is 4.70. The molecule has 1 aliphatic heterocycles. The van der Waals surface area contributed by atoms with Crippen LogP contribution in [-0.2, 0) is 16.6 Å². The topological polar surface area (TPSA) is 80.5 Å². The molecule has 6 nitrogen and oxygen atoms in total. The molecule has 1 aliphatic rings. The zero-order valence-corrected chi connectivity index (χ0v) is 20.9. The van der Waals surface area contributed by atoms with Gasteiger partial charge in [-0.1, -0.05) is 42.5 Å². The van der Waals surface area contributed by atoms with Crippen LogP contribution in [-0.4, -0.2) is 48.6 Å². The summed E-state index contributed by atoms with van der Waals surface area (Å²) in [5, 5.41) is 16.2. The van der Waals surface area contributed by atoms with Crippen LogP contribution in [0.15, 0.2) is 59.6 Å². The average Bonchev–Trinajstić information content (AvgIpc) is 2.79. The van der Waals surface area contributed by atoms with Crippen LogP contribution in [0.3, 0.4) is 0 Å². The van der Waals surface area contributed by atoms with Crippen LogP contribution in [0, 0.1) is 11.3 Å². The lowest BCUT2D eigenvalue weighted by Gasteiger charge is -2.35. The number of rotatable bonds is 7. The number of benzene rings is 2. The van der Waals surface area contributed by atoms with Gasteiger partial charge in [0.15, 0.2) is 5.96 Å². The van der Waals surface area contributed by atoms with Crippen molar-refractivity contribution in [2.45, 2.75) is 24.6 Å². The van der Waals surface area contributed by atoms with Gasteiger partial charge in [0.1, 0.15) is 6.07 Å². The monoisotopic (exact) mass is 551 g/mol. The second-order valence-corrected chi connectivity index (χ2v) is 8.91. The van der Waals surface area contributed by atoms with E-state index in [9.17, 15) is 9.47 Å². The second-order valence-electron chi connectivity index (χ2n) is 7.33. The molecule has 1 fully saturated rings. The summed E-state index contributed by atoms with van der Waals surface area (Å²) in [6.45, 7) is 2.37. The highest BCUT2D eigenvalue weighted by Gasteiger charge is 2.22. The van der Waals surface area contributed by atoms with Gasteiger partial charge < -0.3 is 15.5 Å². The zero-order chi connectivity index (χ0) is 21.2. The molecule has 0 radical (unpaired) electrons. The Hall–Kier alpha value is -2.12. The highest BCUT2D eigenvalue weighted by atomic mass is 127. The van der Waals surface area contributed by atoms with Crippen molar-refractivity contribution in [3.05, 3.63) is 65.7 Å². The summed E-state index contributed by atoms with van der Waals surface area (Å²) >= 11 is 0. The Bertz CT molecular complexity index is 916. The van der Waals surface area contributed by atoms with E-state index in [1.165, 1.54) is 0 Å². The summed E-state index contributed by atoms with van der Waals surface area (Å²) in [5.41, 5.74) is 2.80. The minimum absolute atomic E-state index is 0. The Morgan fingerprint density at radius 1 is 1.23 bits per heavy atom. The van der Waals surface area contributed by atoms with Gasteiger partial charge in [-0.2, -0.15) is 5.26 Å². The first-order valence-corrected chi connectivity index (χ1v) is 11.8. The van der Waals surface area contributed by atoms with Gasteiger partial charge in [-0.15, -0.1) is 24.0 Å². The van der Waals surface area contributed by atoms with Crippen molar-refractivity contribution in [3.63, 3.8) is 0 Å². The first kappa shape index (κ1) is 25.1. The van der Waals surface area contributed by atoms with Crippen LogP contribution in [0.4, 0.5) is 5.69 Å². The molecule has 8 heteroatoms. The molecule has 1 heterocycles. The Morgan fingerprint density at radius 2 is 1.97 bits per heavy atom. The zero-order valence-electron chi connectivity index (χ0n) is 17.8. The van der Waals surface area contributed by atoms with E-state index in [0.29, 0.717) is 23.6 Å². The molecule has 2 unspecified atom stereocenters. The van der Waals surface area contributed by atoms with E-state index in [0.717, 1.165) is 43.1 Å². The second kappa shape index (κ2) is 13.3. The molecule has 2 N–H and O–H groups in total. The third kappa shape index (κ3) is 7.82. The summed E-state index contributed by atoms with van der Waals surface area (Å²) in [6.07, 6.45) is 2.10. The minimum atomic E-state index is -0.915. The molecular formula is C23H30IN5OS. The van der Waals surface area contributed by atoms with E-state index in [2.05, 4.69) is 26.6 Å². The third-order valence-corrected chi connectivity index (χ3v) is 6.46. The van der Waals surface area contributed by atoms with E-state index >= 15 is 0 Å². The first-order chi connectivity index (χ1) is 14.7. The first-order valence-electron chi connectivity index (χ1n) is 10.3. The largest absolute Gasteiger partial charge is 0.368 e. The molecule has 0 spiro atoms. The lowest BCUT2D eigenvalue weighted by atomic mass is 10.0. The number of halogens is 1. The number of hydrogen-bond donors (Lipinski definition) is 2. The minimum Gasteiger partial charge on any atom is -0.368 e. The summed E-state index contributed by atoms with van der Waals surface area (Å²) in [4.78, 5) is 6.58. The highest BCUT2D eigenvalue weighted by Crippen LogP contribution is 2.23. The molecule has 1 saturated heterocycles. The lowest BCUT2D eigenvalue weighted by molar-refractivity contribution is 0.468. The molecular weight excluding hydrogens is 521 g/mol. The maximum atomic E-state index is 12.3. The fraction of sp³-hybridized carbons (Fsp3) is 0.391. The molecule has 2 aromatic rings. The van der Waals surface area contributed by atoms with Crippen LogP contribution in [0.25, 0.3) is 0 Å². The van der Waals surface area contributed by atoms with Crippen molar-refractivity contribution in [3.8, 4) is 6.07 Å². The van der Waals surface area contributed by atoms with Crippen LogP contribution in [0.1, 0.15) is 24.0 Å². The van der Waals surface area contributed by atoms with Crippen molar-refractivity contribution in [2.24, 2.45) is 4.99 Å².